The third kappa shape index (κ3) is 4.10. The number of carbonyl (C=O) groups excluding carboxylic acids is 1. The van der Waals surface area contributed by atoms with Crippen LogP contribution in [-0.2, 0) is 6.42 Å². The number of nitrogens with one attached hydrogen (secondary N) is 1. The van der Waals surface area contributed by atoms with Crippen LogP contribution in [0.5, 0.6) is 0 Å². The summed E-state index contributed by atoms with van der Waals surface area (Å²) in [5.74, 6) is -0.0352. The Bertz CT molecular complexity index is 410. The molecular weight excluding hydrogens is 246 g/mol. The molecule has 0 aromatic carbocycles. The molecule has 0 unspecified atom stereocenters. The average Bonchev–Trinajstić information content (AvgIpc) is 2.69. The van der Waals surface area contributed by atoms with Crippen LogP contribution in [0, 0.1) is 12.3 Å². The molecule has 0 aliphatic carbocycles. The lowest BCUT2D eigenvalue weighted by Crippen LogP contribution is -2.35. The summed E-state index contributed by atoms with van der Waals surface area (Å²) in [6, 6.07) is 1.99. The topological polar surface area (TPSA) is 49.3 Å². The van der Waals surface area contributed by atoms with Gasteiger partial charge in [-0.05, 0) is 25.0 Å². The number of hydrogen-bond donors (Lipinski definition) is 2. The summed E-state index contributed by atoms with van der Waals surface area (Å²) in [5.41, 5.74) is 1.00. The van der Waals surface area contributed by atoms with Crippen LogP contribution in [0.15, 0.2) is 6.07 Å². The van der Waals surface area contributed by atoms with Crippen molar-refractivity contribution in [3.05, 3.63) is 21.4 Å². The van der Waals surface area contributed by atoms with E-state index in [2.05, 4.69) is 19.2 Å². The SMILES string of the molecule is CCCc1cc(C(=O)NCC(C)(C)CO)sc1C. The molecule has 0 radical (unpaired) electrons. The van der Waals surface area contributed by atoms with Crippen LogP contribution in [0.2, 0.25) is 0 Å². The lowest BCUT2D eigenvalue weighted by Gasteiger charge is -2.21. The van der Waals surface area contributed by atoms with Crippen LogP contribution < -0.4 is 5.32 Å². The molecule has 1 heterocycles. The van der Waals surface area contributed by atoms with Gasteiger partial charge in [0.2, 0.25) is 0 Å². The van der Waals surface area contributed by atoms with Gasteiger partial charge in [0.25, 0.3) is 5.91 Å². The third-order valence-electron chi connectivity index (χ3n) is 2.92. The van der Waals surface area contributed by atoms with Crippen LogP contribution >= 0.6 is 11.3 Å². The van der Waals surface area contributed by atoms with Crippen molar-refractivity contribution in [1.29, 1.82) is 0 Å². The molecule has 0 spiro atoms. The Labute approximate surface area is 113 Å². The van der Waals surface area contributed by atoms with Gasteiger partial charge in [-0.1, -0.05) is 27.2 Å². The molecule has 0 fully saturated rings. The standard InChI is InChI=1S/C14H23NO2S/c1-5-6-11-7-12(18-10(11)2)13(17)15-8-14(3,4)9-16/h7,16H,5-6,8-9H2,1-4H3,(H,15,17). The predicted molar refractivity (Wildman–Crippen MR) is 76.3 cm³/mol. The van der Waals surface area contributed by atoms with E-state index in [9.17, 15) is 4.79 Å². The lowest BCUT2D eigenvalue weighted by atomic mass is 9.95. The Morgan fingerprint density at radius 2 is 2.17 bits per heavy atom. The van der Waals surface area contributed by atoms with Gasteiger partial charge >= 0.3 is 0 Å². The molecule has 1 aromatic rings. The van der Waals surface area contributed by atoms with Crippen LogP contribution in [0.1, 0.15) is 47.3 Å². The monoisotopic (exact) mass is 269 g/mol. The van der Waals surface area contributed by atoms with Crippen molar-refractivity contribution in [2.45, 2.75) is 40.5 Å². The molecule has 0 saturated carbocycles. The summed E-state index contributed by atoms with van der Waals surface area (Å²) >= 11 is 1.55. The predicted octanol–water partition coefficient (Wildman–Crippen LogP) is 2.76. The molecule has 102 valence electrons. The zero-order valence-corrected chi connectivity index (χ0v) is 12.5. The second kappa shape index (κ2) is 6.34. The lowest BCUT2D eigenvalue weighted by molar-refractivity contribution is 0.0915. The highest BCUT2D eigenvalue weighted by Crippen LogP contribution is 2.23. The van der Waals surface area contributed by atoms with Gasteiger partial charge in [-0.25, -0.2) is 0 Å². The van der Waals surface area contributed by atoms with Crippen LogP contribution in [0.3, 0.4) is 0 Å². The maximum absolute atomic E-state index is 12.0. The normalized spacial score (nSPS) is 11.6. The number of aryl methyl sites for hydroxylation is 2. The Morgan fingerprint density at radius 1 is 1.50 bits per heavy atom. The van der Waals surface area contributed by atoms with E-state index in [1.165, 1.54) is 10.4 Å². The summed E-state index contributed by atoms with van der Waals surface area (Å²) in [6.07, 6.45) is 2.12. The second-order valence-electron chi connectivity index (χ2n) is 5.45. The number of rotatable bonds is 6. The maximum atomic E-state index is 12.0. The summed E-state index contributed by atoms with van der Waals surface area (Å²) < 4.78 is 0. The van der Waals surface area contributed by atoms with Crippen molar-refractivity contribution >= 4 is 17.2 Å². The first-order chi connectivity index (χ1) is 8.39. The number of thiophene rings is 1. The molecule has 18 heavy (non-hydrogen) atoms. The van der Waals surface area contributed by atoms with E-state index in [0.29, 0.717) is 6.54 Å². The van der Waals surface area contributed by atoms with Gasteiger partial charge in [0.05, 0.1) is 4.88 Å². The highest BCUT2D eigenvalue weighted by molar-refractivity contribution is 7.14. The first-order valence-corrected chi connectivity index (χ1v) is 7.19. The van der Waals surface area contributed by atoms with Gasteiger partial charge in [-0.3, -0.25) is 4.79 Å². The molecule has 1 rings (SSSR count). The van der Waals surface area contributed by atoms with Gasteiger partial charge in [0, 0.05) is 23.4 Å². The van der Waals surface area contributed by atoms with E-state index in [0.717, 1.165) is 17.7 Å². The van der Waals surface area contributed by atoms with E-state index in [4.69, 9.17) is 5.11 Å². The minimum absolute atomic E-state index is 0.0352. The Morgan fingerprint density at radius 3 is 2.72 bits per heavy atom. The highest BCUT2D eigenvalue weighted by Gasteiger charge is 2.19. The molecule has 3 nitrogen and oxygen atoms in total. The second-order valence-corrected chi connectivity index (χ2v) is 6.70. The number of hydrogen-bond acceptors (Lipinski definition) is 3. The van der Waals surface area contributed by atoms with Crippen molar-refractivity contribution in [3.63, 3.8) is 0 Å². The Hall–Kier alpha value is -0.870. The number of carbonyl (C=O) groups is 1. The van der Waals surface area contributed by atoms with E-state index in [1.54, 1.807) is 11.3 Å². The fourth-order valence-electron chi connectivity index (χ4n) is 1.61. The van der Waals surface area contributed by atoms with Gasteiger partial charge in [-0.2, -0.15) is 0 Å². The molecule has 0 saturated heterocycles. The van der Waals surface area contributed by atoms with Crippen molar-refractivity contribution in [2.24, 2.45) is 5.41 Å². The molecule has 0 atom stereocenters. The minimum Gasteiger partial charge on any atom is -0.396 e. The summed E-state index contributed by atoms with van der Waals surface area (Å²) in [7, 11) is 0. The summed E-state index contributed by atoms with van der Waals surface area (Å²) in [6.45, 7) is 8.61. The van der Waals surface area contributed by atoms with E-state index >= 15 is 0 Å². The highest BCUT2D eigenvalue weighted by atomic mass is 32.1. The summed E-state index contributed by atoms with van der Waals surface area (Å²) in [4.78, 5) is 14.0. The number of amides is 1. The minimum atomic E-state index is -0.270. The molecule has 0 aliphatic heterocycles. The van der Waals surface area contributed by atoms with E-state index in [-0.39, 0.29) is 17.9 Å². The average molecular weight is 269 g/mol. The fourth-order valence-corrected chi connectivity index (χ4v) is 2.60. The Kier molecular flexibility index (Phi) is 5.35. The number of aliphatic hydroxyl groups excluding tert-OH is 1. The van der Waals surface area contributed by atoms with Crippen molar-refractivity contribution in [3.8, 4) is 0 Å². The van der Waals surface area contributed by atoms with Gasteiger partial charge in [-0.15, -0.1) is 11.3 Å². The Balaban J connectivity index is 2.64. The largest absolute Gasteiger partial charge is 0.396 e. The molecule has 4 heteroatoms. The maximum Gasteiger partial charge on any atom is 0.261 e. The van der Waals surface area contributed by atoms with Gasteiger partial charge < -0.3 is 10.4 Å². The number of aliphatic hydroxyl groups is 1. The quantitative estimate of drug-likeness (QED) is 0.834. The zero-order chi connectivity index (χ0) is 13.8. The molecule has 1 amide bonds. The van der Waals surface area contributed by atoms with Crippen molar-refractivity contribution in [1.82, 2.24) is 5.32 Å². The van der Waals surface area contributed by atoms with Crippen LogP contribution in [-0.4, -0.2) is 24.2 Å². The fraction of sp³-hybridized carbons (Fsp3) is 0.643. The van der Waals surface area contributed by atoms with Gasteiger partial charge in [0.15, 0.2) is 0 Å². The molecular formula is C14H23NO2S. The first kappa shape index (κ1) is 15.2. The smallest absolute Gasteiger partial charge is 0.261 e. The van der Waals surface area contributed by atoms with Gasteiger partial charge in [0.1, 0.15) is 0 Å². The molecule has 0 bridgehead atoms. The zero-order valence-electron chi connectivity index (χ0n) is 11.7. The van der Waals surface area contributed by atoms with Crippen LogP contribution in [0.4, 0.5) is 0 Å². The molecule has 2 N–H and O–H groups in total. The van der Waals surface area contributed by atoms with E-state index < -0.39 is 0 Å². The first-order valence-electron chi connectivity index (χ1n) is 6.38. The van der Waals surface area contributed by atoms with Crippen molar-refractivity contribution in [2.75, 3.05) is 13.2 Å². The molecule has 1 aromatic heterocycles. The van der Waals surface area contributed by atoms with Crippen LogP contribution in [0.25, 0.3) is 0 Å². The van der Waals surface area contributed by atoms with Crippen molar-refractivity contribution < 1.29 is 9.90 Å². The van der Waals surface area contributed by atoms with E-state index in [1.807, 2.05) is 19.9 Å². The summed E-state index contributed by atoms with van der Waals surface area (Å²) in [5, 5.41) is 12.0. The third-order valence-corrected chi connectivity index (χ3v) is 4.01. The molecule has 0 aliphatic rings.